The van der Waals surface area contributed by atoms with E-state index in [9.17, 15) is 4.39 Å². The molecule has 0 amide bonds. The molecule has 1 heterocycles. The Morgan fingerprint density at radius 3 is 2.65 bits per heavy atom. The first-order chi connectivity index (χ1) is 11.2. The summed E-state index contributed by atoms with van der Waals surface area (Å²) in [6, 6.07) is 11.7. The SMILES string of the molecule is COc1ccc(-c2nc(COc3ccc(F)cc3Br)co2)cc1. The molecule has 0 fully saturated rings. The molecule has 0 unspecified atom stereocenters. The Morgan fingerprint density at radius 2 is 1.96 bits per heavy atom. The van der Waals surface area contributed by atoms with Gasteiger partial charge in [0.05, 0.1) is 11.6 Å². The molecule has 2 aromatic carbocycles. The molecule has 1 aromatic heterocycles. The van der Waals surface area contributed by atoms with Crippen LogP contribution in [0, 0.1) is 5.82 Å². The van der Waals surface area contributed by atoms with Crippen LogP contribution in [0.25, 0.3) is 11.5 Å². The van der Waals surface area contributed by atoms with Gasteiger partial charge in [-0.2, -0.15) is 0 Å². The van der Waals surface area contributed by atoms with Crippen LogP contribution in [-0.2, 0) is 6.61 Å². The predicted octanol–water partition coefficient (Wildman–Crippen LogP) is 4.83. The quantitative estimate of drug-likeness (QED) is 0.638. The van der Waals surface area contributed by atoms with Crippen LogP contribution in [0.1, 0.15) is 5.69 Å². The summed E-state index contributed by atoms with van der Waals surface area (Å²) in [7, 11) is 1.61. The van der Waals surface area contributed by atoms with Gasteiger partial charge in [0.1, 0.15) is 35.9 Å². The lowest BCUT2D eigenvalue weighted by molar-refractivity contribution is 0.298. The molecule has 0 atom stereocenters. The number of halogens is 2. The summed E-state index contributed by atoms with van der Waals surface area (Å²) >= 11 is 3.26. The Labute approximate surface area is 141 Å². The van der Waals surface area contributed by atoms with Gasteiger partial charge in [-0.05, 0) is 58.4 Å². The highest BCUT2D eigenvalue weighted by molar-refractivity contribution is 9.10. The van der Waals surface area contributed by atoms with Gasteiger partial charge in [-0.3, -0.25) is 0 Å². The van der Waals surface area contributed by atoms with Gasteiger partial charge in [-0.1, -0.05) is 0 Å². The van der Waals surface area contributed by atoms with Crippen molar-refractivity contribution in [3.8, 4) is 23.0 Å². The number of benzene rings is 2. The van der Waals surface area contributed by atoms with Crippen molar-refractivity contribution < 1.29 is 18.3 Å². The van der Waals surface area contributed by atoms with E-state index in [2.05, 4.69) is 20.9 Å². The highest BCUT2D eigenvalue weighted by Crippen LogP contribution is 2.27. The molecule has 0 aliphatic carbocycles. The smallest absolute Gasteiger partial charge is 0.226 e. The number of ether oxygens (including phenoxy) is 2. The lowest BCUT2D eigenvalue weighted by atomic mass is 10.2. The molecule has 118 valence electrons. The summed E-state index contributed by atoms with van der Waals surface area (Å²) in [5.74, 6) is 1.49. The fourth-order valence-corrected chi connectivity index (χ4v) is 2.45. The molecule has 0 bridgehead atoms. The van der Waals surface area contributed by atoms with Crippen molar-refractivity contribution in [1.29, 1.82) is 0 Å². The van der Waals surface area contributed by atoms with Crippen LogP contribution in [-0.4, -0.2) is 12.1 Å². The van der Waals surface area contributed by atoms with Crippen LogP contribution in [0.2, 0.25) is 0 Å². The van der Waals surface area contributed by atoms with Crippen molar-refractivity contribution in [2.45, 2.75) is 6.61 Å². The second-order valence-electron chi connectivity index (χ2n) is 4.74. The van der Waals surface area contributed by atoms with Gasteiger partial charge in [0.25, 0.3) is 0 Å². The van der Waals surface area contributed by atoms with Crippen LogP contribution in [0.15, 0.2) is 57.6 Å². The topological polar surface area (TPSA) is 44.5 Å². The van der Waals surface area contributed by atoms with Gasteiger partial charge in [-0.15, -0.1) is 0 Å². The normalized spacial score (nSPS) is 10.6. The molecule has 0 N–H and O–H groups in total. The van der Waals surface area contributed by atoms with E-state index in [1.807, 2.05) is 24.3 Å². The van der Waals surface area contributed by atoms with Crippen molar-refractivity contribution in [2.24, 2.45) is 0 Å². The van der Waals surface area contributed by atoms with E-state index in [1.54, 1.807) is 13.2 Å². The summed E-state index contributed by atoms with van der Waals surface area (Å²) < 4.78 is 29.8. The summed E-state index contributed by atoms with van der Waals surface area (Å²) in [6.07, 6.45) is 1.54. The zero-order chi connectivity index (χ0) is 16.2. The minimum absolute atomic E-state index is 0.226. The Kier molecular flexibility index (Phi) is 4.62. The molecule has 0 radical (unpaired) electrons. The number of rotatable bonds is 5. The molecule has 4 nitrogen and oxygen atoms in total. The first kappa shape index (κ1) is 15.6. The zero-order valence-electron chi connectivity index (χ0n) is 12.3. The van der Waals surface area contributed by atoms with Gasteiger partial charge in [0.15, 0.2) is 0 Å². The van der Waals surface area contributed by atoms with Crippen molar-refractivity contribution in [3.63, 3.8) is 0 Å². The third-order valence-electron chi connectivity index (χ3n) is 3.16. The van der Waals surface area contributed by atoms with E-state index in [1.165, 1.54) is 18.4 Å². The van der Waals surface area contributed by atoms with Crippen LogP contribution in [0.4, 0.5) is 4.39 Å². The average molecular weight is 378 g/mol. The summed E-state index contributed by atoms with van der Waals surface area (Å²) in [6.45, 7) is 0.226. The number of oxazole rings is 1. The third-order valence-corrected chi connectivity index (χ3v) is 3.78. The molecular weight excluding hydrogens is 365 g/mol. The molecule has 3 rings (SSSR count). The molecule has 3 aromatic rings. The molecule has 0 saturated carbocycles. The molecule has 0 saturated heterocycles. The van der Waals surface area contributed by atoms with Crippen LogP contribution in [0.5, 0.6) is 11.5 Å². The Balaban J connectivity index is 1.69. The monoisotopic (exact) mass is 377 g/mol. The zero-order valence-corrected chi connectivity index (χ0v) is 13.8. The Morgan fingerprint density at radius 1 is 1.17 bits per heavy atom. The van der Waals surface area contributed by atoms with E-state index in [4.69, 9.17) is 13.9 Å². The fourth-order valence-electron chi connectivity index (χ4n) is 1.98. The van der Waals surface area contributed by atoms with Crippen molar-refractivity contribution in [2.75, 3.05) is 7.11 Å². The summed E-state index contributed by atoms with van der Waals surface area (Å²) in [5, 5.41) is 0. The van der Waals surface area contributed by atoms with E-state index < -0.39 is 0 Å². The van der Waals surface area contributed by atoms with E-state index in [0.29, 0.717) is 21.8 Å². The lowest BCUT2D eigenvalue weighted by Crippen LogP contribution is -1.96. The van der Waals surface area contributed by atoms with E-state index in [-0.39, 0.29) is 12.4 Å². The number of nitrogens with zero attached hydrogens (tertiary/aromatic N) is 1. The van der Waals surface area contributed by atoms with E-state index in [0.717, 1.165) is 11.3 Å². The summed E-state index contributed by atoms with van der Waals surface area (Å²) in [4.78, 5) is 4.38. The maximum absolute atomic E-state index is 13.0. The van der Waals surface area contributed by atoms with Crippen LogP contribution >= 0.6 is 15.9 Å². The average Bonchev–Trinajstić information content (AvgIpc) is 3.03. The standard InChI is InChI=1S/C17H13BrFNO3/c1-21-14-5-2-11(3-6-14)17-20-13(10-23-17)9-22-16-7-4-12(19)8-15(16)18/h2-8,10H,9H2,1H3. The van der Waals surface area contributed by atoms with Gasteiger partial charge < -0.3 is 13.9 Å². The van der Waals surface area contributed by atoms with Crippen molar-refractivity contribution in [3.05, 3.63) is 64.7 Å². The first-order valence-corrected chi connectivity index (χ1v) is 7.61. The molecule has 0 aliphatic rings. The number of hydrogen-bond donors (Lipinski definition) is 0. The Hall–Kier alpha value is -2.34. The molecule has 0 spiro atoms. The van der Waals surface area contributed by atoms with Crippen LogP contribution < -0.4 is 9.47 Å². The van der Waals surface area contributed by atoms with Gasteiger partial charge in [0, 0.05) is 5.56 Å². The maximum atomic E-state index is 13.0. The predicted molar refractivity (Wildman–Crippen MR) is 86.9 cm³/mol. The van der Waals surface area contributed by atoms with Gasteiger partial charge in [-0.25, -0.2) is 9.37 Å². The van der Waals surface area contributed by atoms with Crippen molar-refractivity contribution >= 4 is 15.9 Å². The minimum atomic E-state index is -0.326. The van der Waals surface area contributed by atoms with Crippen molar-refractivity contribution in [1.82, 2.24) is 4.98 Å². The van der Waals surface area contributed by atoms with E-state index >= 15 is 0 Å². The fraction of sp³-hybridized carbons (Fsp3) is 0.118. The third kappa shape index (κ3) is 3.71. The molecule has 0 aliphatic heterocycles. The number of methoxy groups -OCH3 is 1. The minimum Gasteiger partial charge on any atom is -0.497 e. The lowest BCUT2D eigenvalue weighted by Gasteiger charge is -2.05. The van der Waals surface area contributed by atoms with Gasteiger partial charge >= 0.3 is 0 Å². The first-order valence-electron chi connectivity index (χ1n) is 6.82. The number of hydrogen-bond acceptors (Lipinski definition) is 4. The second-order valence-corrected chi connectivity index (χ2v) is 5.59. The molecule has 23 heavy (non-hydrogen) atoms. The second kappa shape index (κ2) is 6.83. The van der Waals surface area contributed by atoms with Crippen LogP contribution in [0.3, 0.4) is 0 Å². The molecule has 6 heteroatoms. The molecular formula is C17H13BrFNO3. The number of aromatic nitrogens is 1. The summed E-state index contributed by atoms with van der Waals surface area (Å²) in [5.41, 5.74) is 1.49. The highest BCUT2D eigenvalue weighted by Gasteiger charge is 2.09. The largest absolute Gasteiger partial charge is 0.497 e. The highest BCUT2D eigenvalue weighted by atomic mass is 79.9. The van der Waals surface area contributed by atoms with Gasteiger partial charge in [0.2, 0.25) is 5.89 Å². The maximum Gasteiger partial charge on any atom is 0.226 e. The Bertz CT molecular complexity index is 802.